The van der Waals surface area contributed by atoms with Crippen LogP contribution in [0.3, 0.4) is 0 Å². The van der Waals surface area contributed by atoms with Crippen molar-refractivity contribution in [3.63, 3.8) is 0 Å². The molecular weight excluding hydrogens is 668 g/mol. The molecule has 2 aromatic rings. The Morgan fingerprint density at radius 1 is 1.04 bits per heavy atom. The second kappa shape index (κ2) is 20.5. The summed E-state index contributed by atoms with van der Waals surface area (Å²) >= 11 is 0. The fourth-order valence-corrected chi connectivity index (χ4v) is 6.11. The number of hydrogen-bond acceptors (Lipinski definition) is 13. The van der Waals surface area contributed by atoms with Gasteiger partial charge >= 0.3 is 5.69 Å². The summed E-state index contributed by atoms with van der Waals surface area (Å²) in [7, 11) is 2.65. The van der Waals surface area contributed by atoms with Gasteiger partial charge < -0.3 is 51.4 Å². The zero-order chi connectivity index (χ0) is 37.7. The molecular formula is C34H54N6O11. The maximum atomic E-state index is 13.0. The van der Waals surface area contributed by atoms with E-state index in [1.807, 2.05) is 29.2 Å². The predicted octanol–water partition coefficient (Wildman–Crippen LogP) is -1.09. The Labute approximate surface area is 296 Å². The number of nitrogens with two attached hydrogens (primary N) is 2. The number of unbranched alkanes of at least 4 members (excludes halogenated alkanes) is 4. The lowest BCUT2D eigenvalue weighted by Crippen LogP contribution is -2.61. The Hall–Kier alpha value is -3.52. The molecule has 9 unspecified atom stereocenters. The third-order valence-electron chi connectivity index (χ3n) is 9.02. The number of nitrogens with zero attached hydrogens (tertiary/aromatic N) is 2. The van der Waals surface area contributed by atoms with Crippen LogP contribution in [0.25, 0.3) is 0 Å². The van der Waals surface area contributed by atoms with Gasteiger partial charge in [-0.1, -0.05) is 44.7 Å². The number of carbonyl (C=O) groups is 2. The SMILES string of the molecule is CCCCCCCc1ccc(NC(=O)CCCN(C)C(C(N)=O)C(OC2OC(CN)C(O)C2O)C(OC)C(O)C(O)n2ccc(=O)[nH]c2=O)cc1. The Kier molecular flexibility index (Phi) is 16.8. The summed E-state index contributed by atoms with van der Waals surface area (Å²) in [6.45, 7) is 2.11. The predicted molar refractivity (Wildman–Crippen MR) is 186 cm³/mol. The Balaban J connectivity index is 1.73. The van der Waals surface area contributed by atoms with E-state index in [4.69, 9.17) is 25.7 Å². The minimum Gasteiger partial charge on any atom is -0.387 e. The number of rotatable bonds is 22. The van der Waals surface area contributed by atoms with Crippen LogP contribution < -0.4 is 28.0 Å². The number of ether oxygens (including phenoxy) is 3. The third kappa shape index (κ3) is 11.7. The van der Waals surface area contributed by atoms with Gasteiger partial charge in [-0.15, -0.1) is 0 Å². The van der Waals surface area contributed by atoms with E-state index in [2.05, 4.69) is 12.2 Å². The maximum Gasteiger partial charge on any atom is 0.330 e. The first-order valence-electron chi connectivity index (χ1n) is 17.3. The van der Waals surface area contributed by atoms with Crippen LogP contribution in [0.4, 0.5) is 5.69 Å². The Morgan fingerprint density at radius 3 is 2.31 bits per heavy atom. The molecule has 0 bridgehead atoms. The fourth-order valence-electron chi connectivity index (χ4n) is 6.11. The summed E-state index contributed by atoms with van der Waals surface area (Å²) in [5.74, 6) is -1.23. The van der Waals surface area contributed by atoms with Crippen molar-refractivity contribution < 1.29 is 44.2 Å². The number of benzene rings is 1. The number of aliphatic hydroxyl groups is 4. The van der Waals surface area contributed by atoms with E-state index in [1.165, 1.54) is 43.2 Å². The number of H-pyrrole nitrogens is 1. The van der Waals surface area contributed by atoms with Crippen molar-refractivity contribution in [2.75, 3.05) is 32.6 Å². The van der Waals surface area contributed by atoms with Crippen LogP contribution in [0.15, 0.2) is 46.1 Å². The number of likely N-dealkylation sites (N-methyl/N-ethyl adjacent to an activating group) is 1. The van der Waals surface area contributed by atoms with Crippen LogP contribution in [-0.4, -0.2) is 123 Å². The normalized spacial score (nSPS) is 22.0. The van der Waals surface area contributed by atoms with Crippen molar-refractivity contribution in [1.29, 1.82) is 0 Å². The van der Waals surface area contributed by atoms with Crippen molar-refractivity contribution >= 4 is 17.5 Å². The topological polar surface area (TPSA) is 265 Å². The van der Waals surface area contributed by atoms with Crippen molar-refractivity contribution in [2.24, 2.45) is 11.5 Å². The summed E-state index contributed by atoms with van der Waals surface area (Å²) in [5.41, 5.74) is 11.5. The summed E-state index contributed by atoms with van der Waals surface area (Å²) < 4.78 is 17.7. The highest BCUT2D eigenvalue weighted by Gasteiger charge is 2.49. The zero-order valence-corrected chi connectivity index (χ0v) is 29.4. The number of amides is 2. The van der Waals surface area contributed by atoms with E-state index in [0.717, 1.165) is 32.2 Å². The molecule has 9 atom stereocenters. The molecule has 2 amide bonds. The number of methoxy groups -OCH3 is 1. The highest BCUT2D eigenvalue weighted by atomic mass is 16.7. The number of anilines is 1. The lowest BCUT2D eigenvalue weighted by atomic mass is 9.97. The van der Waals surface area contributed by atoms with Gasteiger partial charge in [0, 0.05) is 38.0 Å². The largest absolute Gasteiger partial charge is 0.387 e. The number of aromatic nitrogens is 2. The van der Waals surface area contributed by atoms with Crippen LogP contribution >= 0.6 is 0 Å². The van der Waals surface area contributed by atoms with Gasteiger partial charge in [-0.3, -0.25) is 28.8 Å². The first-order valence-corrected chi connectivity index (χ1v) is 17.3. The quantitative estimate of drug-likeness (QED) is 0.0673. The fraction of sp³-hybridized carbons (Fsp3) is 0.647. The second-order valence-electron chi connectivity index (χ2n) is 12.8. The van der Waals surface area contributed by atoms with Gasteiger partial charge in [0.2, 0.25) is 11.8 Å². The summed E-state index contributed by atoms with van der Waals surface area (Å²) in [6.07, 6.45) is -4.75. The molecule has 51 heavy (non-hydrogen) atoms. The van der Waals surface area contributed by atoms with E-state index in [-0.39, 0.29) is 31.8 Å². The van der Waals surface area contributed by atoms with Gasteiger partial charge in [0.1, 0.15) is 42.7 Å². The number of carbonyl (C=O) groups excluding carboxylic acids is 2. The Morgan fingerprint density at radius 2 is 1.73 bits per heavy atom. The minimum atomic E-state index is -2.02. The molecule has 1 aromatic heterocycles. The van der Waals surface area contributed by atoms with Crippen molar-refractivity contribution in [3.8, 4) is 0 Å². The maximum absolute atomic E-state index is 13.0. The van der Waals surface area contributed by atoms with Crippen LogP contribution in [0, 0.1) is 0 Å². The first-order chi connectivity index (χ1) is 24.3. The molecule has 0 aliphatic carbocycles. The molecule has 3 rings (SSSR count). The average molecular weight is 723 g/mol. The number of hydrogen-bond donors (Lipinski definition) is 8. The van der Waals surface area contributed by atoms with Crippen molar-refractivity contribution in [2.45, 2.75) is 113 Å². The minimum absolute atomic E-state index is 0.0690. The highest BCUT2D eigenvalue weighted by Crippen LogP contribution is 2.28. The number of aliphatic hydroxyl groups excluding tert-OH is 4. The van der Waals surface area contributed by atoms with Gasteiger partial charge in [0.25, 0.3) is 5.56 Å². The molecule has 10 N–H and O–H groups in total. The number of aromatic amines is 1. The van der Waals surface area contributed by atoms with E-state index >= 15 is 0 Å². The van der Waals surface area contributed by atoms with Crippen LogP contribution in [0.1, 0.15) is 63.7 Å². The van der Waals surface area contributed by atoms with Crippen LogP contribution in [0.2, 0.25) is 0 Å². The van der Waals surface area contributed by atoms with Crippen LogP contribution in [0.5, 0.6) is 0 Å². The van der Waals surface area contributed by atoms with Crippen LogP contribution in [-0.2, 0) is 30.2 Å². The van der Waals surface area contributed by atoms with Gasteiger partial charge in [-0.25, -0.2) is 4.79 Å². The first kappa shape index (κ1) is 41.9. The molecule has 1 fully saturated rings. The summed E-state index contributed by atoms with van der Waals surface area (Å²) in [6, 6.07) is 7.21. The zero-order valence-electron chi connectivity index (χ0n) is 29.4. The standard InChI is InChI=1S/C34H54N6O11/c1-4-5-6-7-8-10-20-12-14-21(15-13-20)37-23(41)11-9-17-39(2)25(31(36)46)29(51-33-27(44)26(43)22(19-35)50-33)30(49-3)28(45)32(47)40-18-16-24(42)38-34(40)48/h12-16,18,22,25-30,32-33,43-45,47H,4-11,17,19,35H2,1-3H3,(H2,36,46)(H,37,41)(H,38,42,48). The number of nitrogens with one attached hydrogen (secondary N) is 2. The summed E-state index contributed by atoms with van der Waals surface area (Å²) in [4.78, 5) is 53.2. The molecule has 2 heterocycles. The molecule has 1 saturated heterocycles. The molecule has 17 nitrogen and oxygen atoms in total. The molecule has 0 spiro atoms. The van der Waals surface area contributed by atoms with Crippen molar-refractivity contribution in [3.05, 3.63) is 62.9 Å². The van der Waals surface area contributed by atoms with E-state index < -0.39 is 72.3 Å². The molecule has 0 radical (unpaired) electrons. The molecule has 0 saturated carbocycles. The molecule has 1 aliphatic rings. The van der Waals surface area contributed by atoms with E-state index in [0.29, 0.717) is 10.3 Å². The summed E-state index contributed by atoms with van der Waals surface area (Å²) in [5, 5.41) is 46.1. The smallest absolute Gasteiger partial charge is 0.330 e. The number of primary amides is 1. The molecule has 17 heteroatoms. The second-order valence-corrected chi connectivity index (χ2v) is 12.8. The molecule has 1 aromatic carbocycles. The molecule has 286 valence electrons. The molecule has 1 aliphatic heterocycles. The lowest BCUT2D eigenvalue weighted by molar-refractivity contribution is -0.241. The van der Waals surface area contributed by atoms with Gasteiger partial charge in [0.05, 0.1) is 0 Å². The Bertz CT molecular complexity index is 1490. The van der Waals surface area contributed by atoms with Gasteiger partial charge in [-0.2, -0.15) is 0 Å². The highest BCUT2D eigenvalue weighted by molar-refractivity contribution is 5.90. The van der Waals surface area contributed by atoms with E-state index in [1.54, 1.807) is 0 Å². The van der Waals surface area contributed by atoms with E-state index in [9.17, 15) is 39.6 Å². The van der Waals surface area contributed by atoms with Crippen molar-refractivity contribution in [1.82, 2.24) is 14.5 Å². The number of aryl methyl sites for hydroxylation is 1. The third-order valence-corrected chi connectivity index (χ3v) is 9.02. The van der Waals surface area contributed by atoms with Gasteiger partial charge in [0.15, 0.2) is 12.5 Å². The monoisotopic (exact) mass is 722 g/mol. The lowest BCUT2D eigenvalue weighted by Gasteiger charge is -2.40. The average Bonchev–Trinajstić information content (AvgIpc) is 3.36. The van der Waals surface area contributed by atoms with Gasteiger partial charge in [-0.05, 0) is 50.6 Å².